The smallest absolute Gasteiger partial charge is 0.181 e. The van der Waals surface area contributed by atoms with Gasteiger partial charge in [0.25, 0.3) is 0 Å². The van der Waals surface area contributed by atoms with Gasteiger partial charge in [-0.2, -0.15) is 0 Å². The number of aromatic hydroxyl groups is 4. The van der Waals surface area contributed by atoms with Crippen LogP contribution in [0.1, 0.15) is 11.1 Å². The van der Waals surface area contributed by atoms with Crippen molar-refractivity contribution >= 4 is 18.4 Å². The Labute approximate surface area is 131 Å². The van der Waals surface area contributed by atoms with Gasteiger partial charge in [-0.05, 0) is 31.0 Å². The van der Waals surface area contributed by atoms with Crippen molar-refractivity contribution in [2.45, 2.75) is 0 Å². The largest absolute Gasteiger partial charge is 0.508 e. The molecule has 0 bridgehead atoms. The minimum absolute atomic E-state index is 0.0172. The molecule has 0 atom stereocenters. The van der Waals surface area contributed by atoms with Crippen molar-refractivity contribution in [3.63, 3.8) is 0 Å². The third-order valence-corrected chi connectivity index (χ3v) is 2.76. The quantitative estimate of drug-likeness (QED) is 0.329. The first-order valence-corrected chi connectivity index (χ1v) is 6.33. The van der Waals surface area contributed by atoms with E-state index in [-0.39, 0.29) is 45.8 Å². The van der Waals surface area contributed by atoms with Crippen LogP contribution in [0.3, 0.4) is 0 Å². The van der Waals surface area contributed by atoms with Crippen LogP contribution in [0.4, 0.5) is 0 Å². The van der Waals surface area contributed by atoms with Gasteiger partial charge in [0, 0.05) is 23.3 Å². The second-order valence-corrected chi connectivity index (χ2v) is 4.54. The van der Waals surface area contributed by atoms with E-state index in [0.717, 1.165) is 12.1 Å². The molecule has 0 aliphatic heterocycles. The molecule has 2 aromatic rings. The zero-order valence-corrected chi connectivity index (χ0v) is 11.9. The van der Waals surface area contributed by atoms with Crippen LogP contribution in [0, 0.1) is 0 Å². The van der Waals surface area contributed by atoms with E-state index < -0.39 is 0 Å². The molecular weight excluding hydrogens is 300 g/mol. The van der Waals surface area contributed by atoms with Crippen molar-refractivity contribution in [1.29, 1.82) is 0 Å². The molecule has 0 unspecified atom stereocenters. The number of amidine groups is 2. The number of aliphatic imine (C=N–C) groups is 1. The Morgan fingerprint density at radius 1 is 0.739 bits per heavy atom. The van der Waals surface area contributed by atoms with E-state index in [1.54, 1.807) is 0 Å². The molecule has 0 saturated heterocycles. The maximum atomic E-state index is 9.46. The van der Waals surface area contributed by atoms with Crippen LogP contribution < -0.4 is 5.73 Å². The summed E-state index contributed by atoms with van der Waals surface area (Å²) in [5.74, 6) is -0.771. The number of nitrogens with two attached hydrogens (primary N) is 1. The Balaban J connectivity index is 2.39. The molecule has 0 fully saturated rings. The summed E-state index contributed by atoms with van der Waals surface area (Å²) in [6.45, 7) is 3.34. The van der Waals surface area contributed by atoms with Crippen molar-refractivity contribution in [1.82, 2.24) is 0 Å². The van der Waals surface area contributed by atoms with E-state index in [0.29, 0.717) is 0 Å². The zero-order valence-electron chi connectivity index (χ0n) is 11.9. The number of phenols is 4. The van der Waals surface area contributed by atoms with Gasteiger partial charge in [0.1, 0.15) is 23.0 Å². The first kappa shape index (κ1) is 15.8. The second kappa shape index (κ2) is 6.48. The molecule has 0 heterocycles. The van der Waals surface area contributed by atoms with Gasteiger partial charge >= 0.3 is 0 Å². The highest BCUT2D eigenvalue weighted by molar-refractivity contribution is 6.03. The van der Waals surface area contributed by atoms with Crippen molar-refractivity contribution in [2.75, 3.05) is 0 Å². The van der Waals surface area contributed by atoms with Crippen LogP contribution in [0.15, 0.2) is 51.6 Å². The van der Waals surface area contributed by atoms with Crippen molar-refractivity contribution in [3.05, 3.63) is 47.5 Å². The standard InChI is InChI=1S/C15H14N4O4/c1-17-15(9-4-12(22)7-13(23)5-9)19-18-14(16)8-2-10(20)6-11(21)3-8/h2-7,20-23H,1H2,(H2,16,18)/b19-15-. The molecule has 8 heteroatoms. The fourth-order valence-corrected chi connectivity index (χ4v) is 1.81. The van der Waals surface area contributed by atoms with E-state index >= 15 is 0 Å². The lowest BCUT2D eigenvalue weighted by Gasteiger charge is -2.03. The van der Waals surface area contributed by atoms with E-state index in [4.69, 9.17) is 5.73 Å². The average Bonchev–Trinajstić information content (AvgIpc) is 2.45. The number of nitrogens with zero attached hydrogens (tertiary/aromatic N) is 3. The van der Waals surface area contributed by atoms with E-state index in [1.807, 2.05) is 0 Å². The molecule has 0 spiro atoms. The fraction of sp³-hybridized carbons (Fsp3) is 0. The van der Waals surface area contributed by atoms with Crippen LogP contribution in [-0.2, 0) is 0 Å². The lowest BCUT2D eigenvalue weighted by Crippen LogP contribution is -2.13. The Bertz CT molecular complexity index is 775. The fourth-order valence-electron chi connectivity index (χ4n) is 1.81. The first-order chi connectivity index (χ1) is 10.9. The molecular formula is C15H14N4O4. The topological polar surface area (TPSA) is 144 Å². The van der Waals surface area contributed by atoms with Gasteiger partial charge in [-0.3, -0.25) is 0 Å². The number of hydrogen-bond acceptors (Lipinski definition) is 6. The van der Waals surface area contributed by atoms with Crippen LogP contribution >= 0.6 is 0 Å². The van der Waals surface area contributed by atoms with Crippen LogP contribution in [0.2, 0.25) is 0 Å². The lowest BCUT2D eigenvalue weighted by molar-refractivity contribution is 0.449. The van der Waals surface area contributed by atoms with Crippen LogP contribution in [-0.4, -0.2) is 38.8 Å². The molecule has 0 aliphatic carbocycles. The molecule has 0 amide bonds. The van der Waals surface area contributed by atoms with Crippen molar-refractivity contribution in [3.8, 4) is 23.0 Å². The minimum Gasteiger partial charge on any atom is -0.508 e. The summed E-state index contributed by atoms with van der Waals surface area (Å²) in [7, 11) is 0. The van der Waals surface area contributed by atoms with E-state index in [9.17, 15) is 20.4 Å². The minimum atomic E-state index is -0.179. The Hall–Kier alpha value is -3.55. The third kappa shape index (κ3) is 3.97. The van der Waals surface area contributed by atoms with Crippen LogP contribution in [0.25, 0.3) is 0 Å². The van der Waals surface area contributed by atoms with Gasteiger partial charge in [-0.15, -0.1) is 10.2 Å². The summed E-state index contributed by atoms with van der Waals surface area (Å²) in [5.41, 5.74) is 6.28. The molecule has 0 saturated carbocycles. The molecule has 0 aromatic heterocycles. The van der Waals surface area contributed by atoms with Gasteiger partial charge in [0.05, 0.1) is 0 Å². The monoisotopic (exact) mass is 314 g/mol. The van der Waals surface area contributed by atoms with E-state index in [2.05, 4.69) is 21.9 Å². The van der Waals surface area contributed by atoms with Gasteiger partial charge in [0.2, 0.25) is 0 Å². The number of benzene rings is 2. The molecule has 8 nitrogen and oxygen atoms in total. The molecule has 118 valence electrons. The molecule has 2 rings (SSSR count). The van der Waals surface area contributed by atoms with Crippen molar-refractivity contribution in [2.24, 2.45) is 20.9 Å². The SMILES string of the molecule is C=N/C(=N\N=C(/N)c1cc(O)cc(O)c1)c1cc(O)cc(O)c1. The molecule has 0 radical (unpaired) electrons. The summed E-state index contributed by atoms with van der Waals surface area (Å²) >= 11 is 0. The highest BCUT2D eigenvalue weighted by Gasteiger charge is 2.07. The predicted molar refractivity (Wildman–Crippen MR) is 86.4 cm³/mol. The summed E-state index contributed by atoms with van der Waals surface area (Å²) in [6, 6.07) is 7.53. The number of phenolic OH excluding ortho intramolecular Hbond substituents is 4. The molecule has 2 aromatic carbocycles. The maximum Gasteiger partial charge on any atom is 0.181 e. The highest BCUT2D eigenvalue weighted by Crippen LogP contribution is 2.22. The van der Waals surface area contributed by atoms with Crippen molar-refractivity contribution < 1.29 is 20.4 Å². The third-order valence-electron chi connectivity index (χ3n) is 2.76. The second-order valence-electron chi connectivity index (χ2n) is 4.54. The molecule has 23 heavy (non-hydrogen) atoms. The summed E-state index contributed by atoms with van der Waals surface area (Å²) in [5, 5.41) is 45.3. The molecule has 6 N–H and O–H groups in total. The van der Waals surface area contributed by atoms with Gasteiger partial charge < -0.3 is 26.2 Å². The first-order valence-electron chi connectivity index (χ1n) is 6.33. The summed E-state index contributed by atoms with van der Waals surface area (Å²) in [4.78, 5) is 3.66. The zero-order chi connectivity index (χ0) is 17.0. The molecule has 0 aliphatic rings. The van der Waals surface area contributed by atoms with Gasteiger partial charge in [-0.25, -0.2) is 4.99 Å². The number of rotatable bonds is 3. The normalized spacial score (nSPS) is 12.2. The predicted octanol–water partition coefficient (Wildman–Crippen LogP) is 1.28. The lowest BCUT2D eigenvalue weighted by atomic mass is 10.2. The van der Waals surface area contributed by atoms with Gasteiger partial charge in [-0.1, -0.05) is 0 Å². The van der Waals surface area contributed by atoms with E-state index in [1.165, 1.54) is 24.3 Å². The Morgan fingerprint density at radius 2 is 1.17 bits per heavy atom. The maximum absolute atomic E-state index is 9.46. The highest BCUT2D eigenvalue weighted by atomic mass is 16.3. The van der Waals surface area contributed by atoms with Crippen LogP contribution in [0.5, 0.6) is 23.0 Å². The summed E-state index contributed by atoms with van der Waals surface area (Å²) in [6.07, 6.45) is 0. The Kier molecular flexibility index (Phi) is 4.46. The number of hydrogen-bond donors (Lipinski definition) is 5. The Morgan fingerprint density at radius 3 is 1.61 bits per heavy atom. The average molecular weight is 314 g/mol. The summed E-state index contributed by atoms with van der Waals surface area (Å²) < 4.78 is 0. The van der Waals surface area contributed by atoms with Gasteiger partial charge in [0.15, 0.2) is 11.7 Å².